The molecule has 0 bridgehead atoms. The van der Waals surface area contributed by atoms with Crippen LogP contribution in [0, 0.1) is 0 Å². The molecule has 0 aliphatic carbocycles. The lowest BCUT2D eigenvalue weighted by Gasteiger charge is -2.27. The molecule has 0 radical (unpaired) electrons. The van der Waals surface area contributed by atoms with E-state index in [1.54, 1.807) is 0 Å². The number of likely N-dealkylation sites (N-methyl/N-ethyl adjacent to an activating group) is 1. The highest BCUT2D eigenvalue weighted by molar-refractivity contribution is 5.85. The van der Waals surface area contributed by atoms with Crippen molar-refractivity contribution in [3.8, 4) is 0 Å². The highest BCUT2D eigenvalue weighted by atomic mass is 35.5. The number of carbonyl (C=O) groups is 2. The summed E-state index contributed by atoms with van der Waals surface area (Å²) in [5.41, 5.74) is 0. The fraction of sp³-hybridized carbons (Fsp3) is 0.882. The number of amides is 1. The minimum Gasteiger partial charge on any atom is -0.480 e. The molecule has 1 N–H and O–H groups in total. The summed E-state index contributed by atoms with van der Waals surface area (Å²) in [7, 11) is 1.88. The summed E-state index contributed by atoms with van der Waals surface area (Å²) >= 11 is 0. The van der Waals surface area contributed by atoms with Crippen LogP contribution in [-0.2, 0) is 9.59 Å². The Morgan fingerprint density at radius 2 is 1.75 bits per heavy atom. The van der Waals surface area contributed by atoms with E-state index in [0.717, 1.165) is 58.3 Å². The summed E-state index contributed by atoms with van der Waals surface area (Å²) in [5.74, 6) is -0.551. The van der Waals surface area contributed by atoms with E-state index in [-0.39, 0.29) is 24.9 Å². The lowest BCUT2D eigenvalue weighted by molar-refractivity contribution is -0.138. The normalized spacial score (nSPS) is 18.8. The smallest absolute Gasteiger partial charge is 0.317 e. The number of rotatable bonds is 9. The third kappa shape index (κ3) is 8.31. The summed E-state index contributed by atoms with van der Waals surface area (Å²) < 4.78 is 0. The quantitative estimate of drug-likeness (QED) is 0.678. The molecule has 1 amide bonds. The Balaban J connectivity index is 0.00000529. The lowest BCUT2D eigenvalue weighted by atomic mass is 10.1. The molecule has 6 nitrogen and oxygen atoms in total. The first kappa shape index (κ1) is 23.1. The van der Waals surface area contributed by atoms with Crippen molar-refractivity contribution in [1.29, 1.82) is 0 Å². The Kier molecular flexibility index (Phi) is 12.1. The fourth-order valence-electron chi connectivity index (χ4n) is 3.27. The van der Waals surface area contributed by atoms with Crippen molar-refractivity contribution in [2.75, 3.05) is 46.3 Å². The van der Waals surface area contributed by atoms with Crippen LogP contribution in [0.3, 0.4) is 0 Å². The summed E-state index contributed by atoms with van der Waals surface area (Å²) in [6, 6.07) is 0.300. The van der Waals surface area contributed by atoms with Crippen LogP contribution in [0.1, 0.15) is 46.0 Å². The zero-order valence-electron chi connectivity index (χ0n) is 15.4. The lowest BCUT2D eigenvalue weighted by Crippen LogP contribution is -2.42. The zero-order valence-corrected chi connectivity index (χ0v) is 16.2. The molecular formula is C17H34ClN3O3. The van der Waals surface area contributed by atoms with Crippen LogP contribution in [0.15, 0.2) is 0 Å². The van der Waals surface area contributed by atoms with Gasteiger partial charge in [-0.05, 0) is 45.7 Å². The minimum absolute atomic E-state index is 0. The number of hydrogen-bond donors (Lipinski definition) is 1. The molecular weight excluding hydrogens is 330 g/mol. The van der Waals surface area contributed by atoms with Crippen LogP contribution in [-0.4, -0.2) is 84.0 Å². The number of carboxylic acids is 1. The van der Waals surface area contributed by atoms with Gasteiger partial charge in [0.15, 0.2) is 0 Å². The molecule has 142 valence electrons. The van der Waals surface area contributed by atoms with E-state index in [4.69, 9.17) is 5.11 Å². The number of hydrogen-bond acceptors (Lipinski definition) is 4. The Morgan fingerprint density at radius 3 is 2.29 bits per heavy atom. The molecule has 24 heavy (non-hydrogen) atoms. The van der Waals surface area contributed by atoms with Crippen LogP contribution in [0.25, 0.3) is 0 Å². The van der Waals surface area contributed by atoms with Crippen LogP contribution in [0.4, 0.5) is 0 Å². The van der Waals surface area contributed by atoms with Crippen LogP contribution in [0.5, 0.6) is 0 Å². The molecule has 7 heteroatoms. The number of carbonyl (C=O) groups excluding carboxylic acids is 1. The SMILES string of the molecule is CCCN(CCC)C(=O)CN1CCCC(N(C)CC(=O)O)CC1.Cl. The Bertz CT molecular complexity index is 376. The van der Waals surface area contributed by atoms with E-state index >= 15 is 0 Å². The highest BCUT2D eigenvalue weighted by Gasteiger charge is 2.23. The van der Waals surface area contributed by atoms with Crippen molar-refractivity contribution in [2.24, 2.45) is 0 Å². The summed E-state index contributed by atoms with van der Waals surface area (Å²) in [4.78, 5) is 29.4. The van der Waals surface area contributed by atoms with E-state index < -0.39 is 5.97 Å². The maximum Gasteiger partial charge on any atom is 0.317 e. The van der Waals surface area contributed by atoms with Gasteiger partial charge in [-0.15, -0.1) is 12.4 Å². The van der Waals surface area contributed by atoms with E-state index in [2.05, 4.69) is 18.7 Å². The van der Waals surface area contributed by atoms with Crippen LogP contribution >= 0.6 is 12.4 Å². The second kappa shape index (κ2) is 12.5. The van der Waals surface area contributed by atoms with Gasteiger partial charge in [0.2, 0.25) is 5.91 Å². The van der Waals surface area contributed by atoms with Crippen molar-refractivity contribution >= 4 is 24.3 Å². The van der Waals surface area contributed by atoms with Crippen molar-refractivity contribution in [1.82, 2.24) is 14.7 Å². The van der Waals surface area contributed by atoms with Gasteiger partial charge in [0, 0.05) is 25.7 Å². The minimum atomic E-state index is -0.779. The highest BCUT2D eigenvalue weighted by Crippen LogP contribution is 2.16. The predicted octanol–water partition coefficient (Wildman–Crippen LogP) is 1.93. The van der Waals surface area contributed by atoms with E-state index in [1.807, 2.05) is 16.8 Å². The molecule has 0 aromatic heterocycles. The van der Waals surface area contributed by atoms with Crippen molar-refractivity contribution in [2.45, 2.75) is 52.0 Å². The molecule has 1 fully saturated rings. The first-order valence-corrected chi connectivity index (χ1v) is 8.90. The van der Waals surface area contributed by atoms with Gasteiger partial charge in [-0.2, -0.15) is 0 Å². The Morgan fingerprint density at radius 1 is 1.12 bits per heavy atom. The molecule has 1 atom stereocenters. The third-order valence-corrected chi connectivity index (χ3v) is 4.50. The number of halogens is 1. The molecule has 1 unspecified atom stereocenters. The van der Waals surface area contributed by atoms with Gasteiger partial charge in [0.05, 0.1) is 13.1 Å². The zero-order chi connectivity index (χ0) is 17.2. The fourth-order valence-corrected chi connectivity index (χ4v) is 3.27. The van der Waals surface area contributed by atoms with Gasteiger partial charge >= 0.3 is 5.97 Å². The molecule has 0 aromatic carbocycles. The maximum absolute atomic E-state index is 12.5. The topological polar surface area (TPSA) is 64.1 Å². The second-order valence-electron chi connectivity index (χ2n) is 6.55. The third-order valence-electron chi connectivity index (χ3n) is 4.50. The van der Waals surface area contributed by atoms with Crippen molar-refractivity contribution < 1.29 is 14.7 Å². The molecule has 0 aromatic rings. The van der Waals surface area contributed by atoms with Gasteiger partial charge < -0.3 is 10.0 Å². The molecule has 0 spiro atoms. The molecule has 1 aliphatic heterocycles. The maximum atomic E-state index is 12.5. The molecule has 1 aliphatic rings. The largest absolute Gasteiger partial charge is 0.480 e. The van der Waals surface area contributed by atoms with Gasteiger partial charge in [0.1, 0.15) is 0 Å². The van der Waals surface area contributed by atoms with E-state index in [1.165, 1.54) is 0 Å². The number of nitrogens with zero attached hydrogens (tertiary/aromatic N) is 3. The summed E-state index contributed by atoms with van der Waals surface area (Å²) in [5, 5.41) is 8.92. The van der Waals surface area contributed by atoms with Crippen molar-refractivity contribution in [3.63, 3.8) is 0 Å². The number of aliphatic carboxylic acids is 1. The second-order valence-corrected chi connectivity index (χ2v) is 6.55. The van der Waals surface area contributed by atoms with Gasteiger partial charge in [-0.25, -0.2) is 0 Å². The Labute approximate surface area is 152 Å². The summed E-state index contributed by atoms with van der Waals surface area (Å²) in [6.45, 7) is 8.26. The van der Waals surface area contributed by atoms with Gasteiger partial charge in [-0.1, -0.05) is 13.8 Å². The molecule has 1 rings (SSSR count). The van der Waals surface area contributed by atoms with Crippen LogP contribution in [0.2, 0.25) is 0 Å². The first-order chi connectivity index (χ1) is 11.0. The van der Waals surface area contributed by atoms with Crippen molar-refractivity contribution in [3.05, 3.63) is 0 Å². The molecule has 1 saturated heterocycles. The average Bonchev–Trinajstić information content (AvgIpc) is 2.72. The average molecular weight is 364 g/mol. The monoisotopic (exact) mass is 363 g/mol. The number of likely N-dealkylation sites (tertiary alicyclic amines) is 1. The molecule has 1 heterocycles. The van der Waals surface area contributed by atoms with E-state index in [0.29, 0.717) is 12.6 Å². The first-order valence-electron chi connectivity index (χ1n) is 8.90. The van der Waals surface area contributed by atoms with E-state index in [9.17, 15) is 9.59 Å². The van der Waals surface area contributed by atoms with Gasteiger partial charge in [0.25, 0.3) is 0 Å². The van der Waals surface area contributed by atoms with Gasteiger partial charge in [-0.3, -0.25) is 19.4 Å². The Hall–Kier alpha value is -0.850. The standard InChI is InChI=1S/C17H33N3O3.ClH/c1-4-9-20(10-5-2)16(21)13-19-11-6-7-15(8-12-19)18(3)14-17(22)23;/h15H,4-14H2,1-3H3,(H,22,23);1H. The number of carboxylic acid groups (broad SMARTS) is 1. The van der Waals surface area contributed by atoms with Crippen LogP contribution < -0.4 is 0 Å². The predicted molar refractivity (Wildman–Crippen MR) is 98.8 cm³/mol. The summed E-state index contributed by atoms with van der Waals surface area (Å²) in [6.07, 6.45) is 4.94. The molecule has 0 saturated carbocycles.